The molecule has 0 bridgehead atoms. The molecule has 3 aliphatic rings. The summed E-state index contributed by atoms with van der Waals surface area (Å²) in [6.07, 6.45) is -0.601. The van der Waals surface area contributed by atoms with E-state index in [1.807, 2.05) is 17.0 Å². The van der Waals surface area contributed by atoms with Crippen LogP contribution in [0.5, 0.6) is 11.8 Å². The number of aromatic nitrogens is 1. The number of nitrogens with zero attached hydrogens (tertiary/aromatic N) is 5. The molecular formula is C24H30ClN5O5. The Morgan fingerprint density at radius 1 is 0.943 bits per heavy atom. The molecule has 1 aromatic heterocycles. The Balaban J connectivity index is 1.14. The summed E-state index contributed by atoms with van der Waals surface area (Å²) in [5, 5.41) is 19.9. The van der Waals surface area contributed by atoms with Crippen molar-refractivity contribution in [1.29, 1.82) is 0 Å². The van der Waals surface area contributed by atoms with Crippen LogP contribution < -0.4 is 4.84 Å². The van der Waals surface area contributed by atoms with E-state index in [2.05, 4.69) is 16.8 Å². The first-order valence-electron chi connectivity index (χ1n) is 11.8. The van der Waals surface area contributed by atoms with Gasteiger partial charge in [-0.3, -0.25) is 9.69 Å². The second kappa shape index (κ2) is 9.60. The van der Waals surface area contributed by atoms with Crippen molar-refractivity contribution in [2.75, 3.05) is 59.4 Å². The number of hydrogen-bond acceptors (Lipinski definition) is 7. The van der Waals surface area contributed by atoms with Gasteiger partial charge in [0.05, 0.1) is 0 Å². The Morgan fingerprint density at radius 2 is 1.57 bits per heavy atom. The van der Waals surface area contributed by atoms with Gasteiger partial charge in [-0.25, -0.2) is 4.79 Å². The summed E-state index contributed by atoms with van der Waals surface area (Å²) >= 11 is 6.57. The minimum absolute atomic E-state index is 0.0239. The minimum atomic E-state index is -0.601. The van der Waals surface area contributed by atoms with E-state index >= 15 is 0 Å². The van der Waals surface area contributed by atoms with E-state index in [0.717, 1.165) is 44.8 Å². The number of carbonyl (C=O) groups excluding carboxylic acids is 2. The fourth-order valence-corrected chi connectivity index (χ4v) is 5.48. The monoisotopic (exact) mass is 503 g/mol. The number of aromatic hydroxyl groups is 2. The smallest absolute Gasteiger partial charge is 0.434 e. The van der Waals surface area contributed by atoms with E-state index < -0.39 is 6.09 Å². The van der Waals surface area contributed by atoms with Gasteiger partial charge in [0, 0.05) is 81.6 Å². The molecule has 0 saturated carbocycles. The zero-order valence-electron chi connectivity index (χ0n) is 19.6. The van der Waals surface area contributed by atoms with E-state index in [-0.39, 0.29) is 17.7 Å². The van der Waals surface area contributed by atoms with Crippen molar-refractivity contribution in [3.63, 3.8) is 0 Å². The van der Waals surface area contributed by atoms with Gasteiger partial charge in [-0.2, -0.15) is 0 Å². The third-order valence-corrected chi connectivity index (χ3v) is 7.62. The summed E-state index contributed by atoms with van der Waals surface area (Å²) in [5.41, 5.74) is 1.60. The van der Waals surface area contributed by atoms with Gasteiger partial charge in [-0.1, -0.05) is 17.7 Å². The Bertz CT molecular complexity index is 1080. The SMILES string of the molecule is CN1CCN(C(=O)c2ccc(CN3CC4CN(C(=O)On5c(O)ccc5O)CC4C3)c(Cl)c2)CC1. The van der Waals surface area contributed by atoms with Crippen molar-refractivity contribution >= 4 is 23.6 Å². The molecule has 1 aromatic carbocycles. The van der Waals surface area contributed by atoms with Crippen LogP contribution in [0.3, 0.4) is 0 Å². The fourth-order valence-electron chi connectivity index (χ4n) is 5.24. The fraction of sp³-hybridized carbons (Fsp3) is 0.500. The first kappa shape index (κ1) is 23.8. The number of benzene rings is 1. The van der Waals surface area contributed by atoms with Gasteiger partial charge in [-0.15, -0.1) is 4.73 Å². The predicted octanol–water partition coefficient (Wildman–Crippen LogP) is 1.55. The van der Waals surface area contributed by atoms with Gasteiger partial charge in [0.25, 0.3) is 5.91 Å². The zero-order chi connectivity index (χ0) is 24.7. The van der Waals surface area contributed by atoms with Gasteiger partial charge in [-0.05, 0) is 36.6 Å². The molecule has 11 heteroatoms. The second-order valence-electron chi connectivity index (χ2n) is 9.72. The van der Waals surface area contributed by atoms with Crippen molar-refractivity contribution in [2.24, 2.45) is 11.8 Å². The normalized spacial score (nSPS) is 23.0. The molecule has 10 nitrogen and oxygen atoms in total. The molecule has 3 aliphatic heterocycles. The molecule has 4 heterocycles. The highest BCUT2D eigenvalue weighted by molar-refractivity contribution is 6.31. The van der Waals surface area contributed by atoms with Gasteiger partial charge in [0.1, 0.15) is 0 Å². The van der Waals surface area contributed by atoms with Crippen LogP contribution in [0.25, 0.3) is 0 Å². The lowest BCUT2D eigenvalue weighted by Gasteiger charge is -2.32. The number of piperazine rings is 1. The summed E-state index contributed by atoms with van der Waals surface area (Å²) in [4.78, 5) is 38.5. The first-order chi connectivity index (χ1) is 16.8. The molecule has 2 aromatic rings. The van der Waals surface area contributed by atoms with Gasteiger partial charge >= 0.3 is 6.09 Å². The Hall–Kier alpha value is -2.95. The molecule has 3 saturated heterocycles. The van der Waals surface area contributed by atoms with Crippen LogP contribution in [0.4, 0.5) is 4.79 Å². The average Bonchev–Trinajstić information content (AvgIpc) is 3.49. The second-order valence-corrected chi connectivity index (χ2v) is 10.1. The topological polar surface area (TPSA) is 102 Å². The van der Waals surface area contributed by atoms with Gasteiger partial charge in [0.15, 0.2) is 0 Å². The summed E-state index contributed by atoms with van der Waals surface area (Å²) in [6.45, 7) is 6.64. The molecule has 2 amide bonds. The molecule has 0 radical (unpaired) electrons. The van der Waals surface area contributed by atoms with Crippen LogP contribution >= 0.6 is 11.6 Å². The maximum Gasteiger partial charge on any atom is 0.434 e. The molecule has 35 heavy (non-hydrogen) atoms. The Kier molecular flexibility index (Phi) is 6.52. The zero-order valence-corrected chi connectivity index (χ0v) is 20.4. The first-order valence-corrected chi connectivity index (χ1v) is 12.2. The van der Waals surface area contributed by atoms with Crippen molar-refractivity contribution in [3.05, 3.63) is 46.5 Å². The van der Waals surface area contributed by atoms with E-state index in [9.17, 15) is 19.8 Å². The van der Waals surface area contributed by atoms with Gasteiger partial charge in [0.2, 0.25) is 11.8 Å². The average molecular weight is 504 g/mol. The quantitative estimate of drug-likeness (QED) is 0.652. The molecule has 0 spiro atoms. The van der Waals surface area contributed by atoms with Crippen LogP contribution in [0.15, 0.2) is 30.3 Å². The standard InChI is InChI=1S/C24H30ClN5O5/c1-26-6-8-28(9-7-26)23(33)16-2-3-17(20(25)10-16)11-27-12-18-14-29(15-19(18)13-27)24(34)35-30-21(31)4-5-22(30)32/h2-5,10,18-19,31-32H,6-9,11-15H2,1H3. The number of carbonyl (C=O) groups is 2. The van der Waals surface area contributed by atoms with Crippen molar-refractivity contribution in [3.8, 4) is 11.8 Å². The maximum absolute atomic E-state index is 12.8. The highest BCUT2D eigenvalue weighted by atomic mass is 35.5. The summed E-state index contributed by atoms with van der Waals surface area (Å²) in [5.74, 6) is -0.0302. The highest BCUT2D eigenvalue weighted by Gasteiger charge is 2.42. The highest BCUT2D eigenvalue weighted by Crippen LogP contribution is 2.33. The Morgan fingerprint density at radius 3 is 2.17 bits per heavy atom. The van der Waals surface area contributed by atoms with Crippen molar-refractivity contribution in [2.45, 2.75) is 6.54 Å². The number of halogens is 1. The number of likely N-dealkylation sites (tertiary alicyclic amines) is 2. The Labute approximate surface area is 208 Å². The predicted molar refractivity (Wildman–Crippen MR) is 128 cm³/mol. The molecule has 3 fully saturated rings. The number of fused-ring (bicyclic) bond motifs is 1. The molecular weight excluding hydrogens is 474 g/mol. The van der Waals surface area contributed by atoms with E-state index in [1.54, 1.807) is 11.0 Å². The third kappa shape index (κ3) is 4.91. The summed E-state index contributed by atoms with van der Waals surface area (Å²) in [6, 6.07) is 8.08. The summed E-state index contributed by atoms with van der Waals surface area (Å²) in [7, 11) is 2.06. The van der Waals surface area contributed by atoms with Crippen LogP contribution in [0.1, 0.15) is 15.9 Å². The van der Waals surface area contributed by atoms with Gasteiger partial charge < -0.3 is 29.8 Å². The van der Waals surface area contributed by atoms with Crippen LogP contribution in [-0.4, -0.2) is 106 Å². The molecule has 5 rings (SSSR count). The maximum atomic E-state index is 12.8. The van der Waals surface area contributed by atoms with Crippen LogP contribution in [0.2, 0.25) is 5.02 Å². The largest absolute Gasteiger partial charge is 0.492 e. The molecule has 2 N–H and O–H groups in total. The lowest BCUT2D eigenvalue weighted by molar-refractivity contribution is 0.0664. The molecule has 2 atom stereocenters. The van der Waals surface area contributed by atoms with Crippen molar-refractivity contribution < 1.29 is 24.6 Å². The number of hydrogen-bond donors (Lipinski definition) is 2. The third-order valence-electron chi connectivity index (χ3n) is 7.27. The minimum Gasteiger partial charge on any atom is -0.492 e. The van der Waals surface area contributed by atoms with E-state index in [0.29, 0.717) is 46.8 Å². The molecule has 2 unspecified atom stereocenters. The number of rotatable bonds is 4. The number of likely N-dealkylation sites (N-methyl/N-ethyl adjacent to an activating group) is 1. The summed E-state index contributed by atoms with van der Waals surface area (Å²) < 4.78 is 0.711. The molecule has 0 aliphatic carbocycles. The lowest BCUT2D eigenvalue weighted by atomic mass is 10.0. The van der Waals surface area contributed by atoms with Crippen LogP contribution in [-0.2, 0) is 6.54 Å². The molecule has 188 valence electrons. The number of amides is 2. The van der Waals surface area contributed by atoms with E-state index in [4.69, 9.17) is 16.4 Å². The van der Waals surface area contributed by atoms with Crippen LogP contribution in [0, 0.1) is 11.8 Å². The lowest BCUT2D eigenvalue weighted by Crippen LogP contribution is -2.47. The van der Waals surface area contributed by atoms with Crippen molar-refractivity contribution in [1.82, 2.24) is 24.3 Å². The van der Waals surface area contributed by atoms with E-state index in [1.165, 1.54) is 12.1 Å².